The molecule has 0 radical (unpaired) electrons. The molecule has 70 valence electrons. The molecular formula is C8H8Cl2N2O. The van der Waals surface area contributed by atoms with Crippen LogP contribution in [0, 0.1) is 0 Å². The van der Waals surface area contributed by atoms with Crippen LogP contribution in [-0.4, -0.2) is 5.91 Å². The number of halogens is 2. The zero-order chi connectivity index (χ0) is 9.84. The number of hydrazine groups is 1. The van der Waals surface area contributed by atoms with Crippen LogP contribution in [0.5, 0.6) is 0 Å². The first kappa shape index (κ1) is 10.3. The van der Waals surface area contributed by atoms with E-state index in [2.05, 4.69) is 0 Å². The molecule has 0 aliphatic carbocycles. The van der Waals surface area contributed by atoms with Gasteiger partial charge in [-0.1, -0.05) is 23.2 Å². The van der Waals surface area contributed by atoms with E-state index in [-0.39, 0.29) is 12.3 Å². The number of amides is 1. The maximum Gasteiger partial charge on any atom is 0.238 e. The predicted octanol–water partition coefficient (Wildman–Crippen LogP) is 1.53. The Bertz CT molecular complexity index is 308. The highest BCUT2D eigenvalue weighted by atomic mass is 35.5. The van der Waals surface area contributed by atoms with Gasteiger partial charge in [-0.25, -0.2) is 5.84 Å². The van der Waals surface area contributed by atoms with Crippen LogP contribution in [0.3, 0.4) is 0 Å². The summed E-state index contributed by atoms with van der Waals surface area (Å²) in [5.41, 5.74) is 2.76. The molecular weight excluding hydrogens is 211 g/mol. The van der Waals surface area contributed by atoms with Crippen molar-refractivity contribution < 1.29 is 4.79 Å². The molecule has 0 saturated heterocycles. The minimum absolute atomic E-state index is 0.177. The van der Waals surface area contributed by atoms with Gasteiger partial charge in [-0.05, 0) is 23.8 Å². The second-order valence-corrected chi connectivity index (χ2v) is 3.39. The third kappa shape index (κ3) is 3.22. The second kappa shape index (κ2) is 4.46. The molecule has 1 aromatic rings. The van der Waals surface area contributed by atoms with Crippen LogP contribution >= 0.6 is 23.2 Å². The highest BCUT2D eigenvalue weighted by Gasteiger charge is 2.03. The van der Waals surface area contributed by atoms with Gasteiger partial charge >= 0.3 is 0 Å². The quantitative estimate of drug-likeness (QED) is 0.450. The SMILES string of the molecule is NNC(=O)Cc1cc(Cl)cc(Cl)c1. The maximum absolute atomic E-state index is 10.9. The number of hydrogen-bond acceptors (Lipinski definition) is 2. The summed E-state index contributed by atoms with van der Waals surface area (Å²) < 4.78 is 0. The summed E-state index contributed by atoms with van der Waals surface area (Å²) in [6.07, 6.45) is 0.177. The van der Waals surface area contributed by atoms with E-state index in [1.165, 1.54) is 0 Å². The van der Waals surface area contributed by atoms with E-state index < -0.39 is 0 Å². The number of nitrogens with one attached hydrogen (secondary N) is 1. The molecule has 0 aromatic heterocycles. The highest BCUT2D eigenvalue weighted by molar-refractivity contribution is 6.34. The molecule has 0 heterocycles. The van der Waals surface area contributed by atoms with Crippen LogP contribution in [0.2, 0.25) is 10.0 Å². The Hall–Kier alpha value is -0.770. The fraction of sp³-hybridized carbons (Fsp3) is 0.125. The molecule has 1 amide bonds. The monoisotopic (exact) mass is 218 g/mol. The number of carbonyl (C=O) groups is 1. The first-order valence-corrected chi connectivity index (χ1v) is 4.32. The lowest BCUT2D eigenvalue weighted by molar-refractivity contribution is -0.120. The van der Waals surface area contributed by atoms with E-state index in [0.717, 1.165) is 5.56 Å². The van der Waals surface area contributed by atoms with Gasteiger partial charge in [0.2, 0.25) is 5.91 Å². The molecule has 3 nitrogen and oxygen atoms in total. The molecule has 5 heteroatoms. The molecule has 13 heavy (non-hydrogen) atoms. The Kier molecular flexibility index (Phi) is 3.54. The minimum atomic E-state index is -0.279. The number of benzene rings is 1. The normalized spacial score (nSPS) is 9.77. The van der Waals surface area contributed by atoms with Crippen LogP contribution in [0.4, 0.5) is 0 Å². The van der Waals surface area contributed by atoms with E-state index in [1.54, 1.807) is 18.2 Å². The van der Waals surface area contributed by atoms with Crippen molar-refractivity contribution in [1.29, 1.82) is 0 Å². The van der Waals surface area contributed by atoms with Crippen LogP contribution in [0.15, 0.2) is 18.2 Å². The largest absolute Gasteiger partial charge is 0.294 e. The van der Waals surface area contributed by atoms with E-state index in [4.69, 9.17) is 29.0 Å². The molecule has 0 bridgehead atoms. The van der Waals surface area contributed by atoms with Gasteiger partial charge in [0.1, 0.15) is 0 Å². The van der Waals surface area contributed by atoms with Crippen LogP contribution in [0.1, 0.15) is 5.56 Å². The predicted molar refractivity (Wildman–Crippen MR) is 52.5 cm³/mol. The summed E-state index contributed by atoms with van der Waals surface area (Å²) in [5.74, 6) is 4.65. The Labute approximate surface area is 85.8 Å². The average molecular weight is 219 g/mol. The molecule has 0 fully saturated rings. The van der Waals surface area contributed by atoms with Gasteiger partial charge in [0, 0.05) is 10.0 Å². The van der Waals surface area contributed by atoms with E-state index in [0.29, 0.717) is 10.0 Å². The molecule has 0 aliphatic rings. The average Bonchev–Trinajstić information content (AvgIpc) is 2.02. The zero-order valence-corrected chi connectivity index (χ0v) is 8.19. The first-order chi connectivity index (χ1) is 6.11. The van der Waals surface area contributed by atoms with Gasteiger partial charge in [-0.2, -0.15) is 0 Å². The Morgan fingerprint density at radius 3 is 2.31 bits per heavy atom. The van der Waals surface area contributed by atoms with Crippen molar-refractivity contribution in [2.75, 3.05) is 0 Å². The lowest BCUT2D eigenvalue weighted by Gasteiger charge is -2.01. The lowest BCUT2D eigenvalue weighted by Crippen LogP contribution is -2.31. The number of carbonyl (C=O) groups excluding carboxylic acids is 1. The summed E-state index contributed by atoms with van der Waals surface area (Å²) >= 11 is 11.5. The number of hydrogen-bond donors (Lipinski definition) is 2. The van der Waals surface area contributed by atoms with Crippen molar-refractivity contribution in [2.24, 2.45) is 5.84 Å². The van der Waals surface area contributed by atoms with Gasteiger partial charge < -0.3 is 0 Å². The van der Waals surface area contributed by atoms with Gasteiger partial charge in [0.15, 0.2) is 0 Å². The highest BCUT2D eigenvalue weighted by Crippen LogP contribution is 2.19. The standard InChI is InChI=1S/C8H8Cl2N2O/c9-6-1-5(2-7(10)4-6)3-8(13)12-11/h1-2,4H,3,11H2,(H,12,13). The number of rotatable bonds is 2. The molecule has 1 rings (SSSR count). The fourth-order valence-corrected chi connectivity index (χ4v) is 1.52. The molecule has 0 aliphatic heterocycles. The third-order valence-corrected chi connectivity index (χ3v) is 1.88. The fourth-order valence-electron chi connectivity index (χ4n) is 0.949. The Balaban J connectivity index is 2.83. The van der Waals surface area contributed by atoms with Gasteiger partial charge in [-0.15, -0.1) is 0 Å². The number of nitrogens with two attached hydrogens (primary N) is 1. The van der Waals surface area contributed by atoms with Crippen molar-refractivity contribution in [3.05, 3.63) is 33.8 Å². The van der Waals surface area contributed by atoms with Crippen molar-refractivity contribution >= 4 is 29.1 Å². The van der Waals surface area contributed by atoms with E-state index in [1.807, 2.05) is 5.43 Å². The van der Waals surface area contributed by atoms with Crippen LogP contribution < -0.4 is 11.3 Å². The van der Waals surface area contributed by atoms with E-state index in [9.17, 15) is 4.79 Å². The molecule has 0 saturated carbocycles. The summed E-state index contributed by atoms with van der Waals surface area (Å²) in [6.45, 7) is 0. The van der Waals surface area contributed by atoms with Crippen LogP contribution in [0.25, 0.3) is 0 Å². The molecule has 0 spiro atoms. The molecule has 0 unspecified atom stereocenters. The molecule has 3 N–H and O–H groups in total. The maximum atomic E-state index is 10.9. The lowest BCUT2D eigenvalue weighted by atomic mass is 10.1. The smallest absolute Gasteiger partial charge is 0.238 e. The van der Waals surface area contributed by atoms with Gasteiger partial charge in [0.05, 0.1) is 6.42 Å². The van der Waals surface area contributed by atoms with E-state index >= 15 is 0 Å². The van der Waals surface area contributed by atoms with Crippen molar-refractivity contribution in [2.45, 2.75) is 6.42 Å². The third-order valence-electron chi connectivity index (χ3n) is 1.45. The minimum Gasteiger partial charge on any atom is -0.294 e. The summed E-state index contributed by atoms with van der Waals surface area (Å²) in [4.78, 5) is 10.9. The molecule has 0 atom stereocenters. The summed E-state index contributed by atoms with van der Waals surface area (Å²) in [7, 11) is 0. The topological polar surface area (TPSA) is 55.1 Å². The van der Waals surface area contributed by atoms with Crippen molar-refractivity contribution in [1.82, 2.24) is 5.43 Å². The second-order valence-electron chi connectivity index (χ2n) is 2.52. The van der Waals surface area contributed by atoms with Crippen molar-refractivity contribution in [3.63, 3.8) is 0 Å². The van der Waals surface area contributed by atoms with Crippen molar-refractivity contribution in [3.8, 4) is 0 Å². The van der Waals surface area contributed by atoms with Gasteiger partial charge in [0.25, 0.3) is 0 Å². The first-order valence-electron chi connectivity index (χ1n) is 3.56. The molecule has 1 aromatic carbocycles. The van der Waals surface area contributed by atoms with Crippen LogP contribution in [-0.2, 0) is 11.2 Å². The Morgan fingerprint density at radius 1 is 1.31 bits per heavy atom. The summed E-state index contributed by atoms with van der Waals surface area (Å²) in [5, 5.41) is 1.01. The zero-order valence-electron chi connectivity index (χ0n) is 6.68. The summed E-state index contributed by atoms with van der Waals surface area (Å²) in [6, 6.07) is 4.94. The Morgan fingerprint density at radius 2 is 1.85 bits per heavy atom. The van der Waals surface area contributed by atoms with Gasteiger partial charge in [-0.3, -0.25) is 10.2 Å².